The number of nitrogens with zero attached hydrogens (tertiary/aromatic N) is 2. The van der Waals surface area contributed by atoms with Gasteiger partial charge in [0.05, 0.1) is 17.0 Å². The van der Waals surface area contributed by atoms with Gasteiger partial charge < -0.3 is 40.3 Å². The molecule has 6 rings (SSSR count). The molecule has 2 aromatic carbocycles. The summed E-state index contributed by atoms with van der Waals surface area (Å²) in [6.07, 6.45) is 14.9. The number of carbonyl (C=O) groups is 1. The lowest BCUT2D eigenvalue weighted by Crippen LogP contribution is -2.39. The van der Waals surface area contributed by atoms with Crippen LogP contribution in [0.3, 0.4) is 0 Å². The van der Waals surface area contributed by atoms with E-state index in [2.05, 4.69) is 31.6 Å². The van der Waals surface area contributed by atoms with Crippen molar-refractivity contribution in [2.75, 3.05) is 33.2 Å². The number of allylic oxidation sites excluding steroid dienone is 3. The number of amides is 1. The van der Waals surface area contributed by atoms with Gasteiger partial charge in [-0.05, 0) is 62.1 Å². The van der Waals surface area contributed by atoms with E-state index in [9.17, 15) is 24.9 Å². The molecule has 2 heterocycles. The molecule has 2 aliphatic rings. The lowest BCUT2D eigenvalue weighted by molar-refractivity contribution is -0.0302. The van der Waals surface area contributed by atoms with Gasteiger partial charge in [0.15, 0.2) is 5.60 Å². The number of hydrogen-bond acceptors (Lipinski definition) is 10. The van der Waals surface area contributed by atoms with Crippen molar-refractivity contribution in [1.82, 2.24) is 25.5 Å². The van der Waals surface area contributed by atoms with Crippen LogP contribution in [0.4, 0.5) is 0 Å². The van der Waals surface area contributed by atoms with E-state index in [4.69, 9.17) is 4.42 Å². The highest BCUT2D eigenvalue weighted by Crippen LogP contribution is 2.46. The molecular formula is C38H47N5O6S. The number of aromatic amines is 1. The van der Waals surface area contributed by atoms with Crippen molar-refractivity contribution in [2.45, 2.75) is 69.6 Å². The number of phenolic OH excluding ortho intramolecular Hbond substituents is 1. The molecule has 2 atom stereocenters. The summed E-state index contributed by atoms with van der Waals surface area (Å²) in [6.45, 7) is 2.60. The molecular weight excluding hydrogens is 655 g/mol. The van der Waals surface area contributed by atoms with Crippen LogP contribution >= 0.6 is 11.3 Å². The van der Waals surface area contributed by atoms with Gasteiger partial charge in [-0.1, -0.05) is 67.0 Å². The summed E-state index contributed by atoms with van der Waals surface area (Å²) in [5.74, 6) is 1.11. The number of phenols is 1. The van der Waals surface area contributed by atoms with Crippen molar-refractivity contribution < 1.29 is 24.5 Å². The predicted octanol–water partition coefficient (Wildman–Crippen LogP) is 5.06. The van der Waals surface area contributed by atoms with Crippen LogP contribution < -0.4 is 15.5 Å². The van der Waals surface area contributed by atoms with Gasteiger partial charge >= 0.3 is 4.87 Å². The first-order valence-electron chi connectivity index (χ1n) is 17.5. The highest BCUT2D eigenvalue weighted by atomic mass is 32.1. The molecule has 0 saturated heterocycles. The molecule has 50 heavy (non-hydrogen) atoms. The number of carbonyl (C=O) groups excluding carboxylic acids is 1. The maximum absolute atomic E-state index is 12.8. The van der Waals surface area contributed by atoms with Crippen LogP contribution in [0.2, 0.25) is 0 Å². The van der Waals surface area contributed by atoms with Crippen LogP contribution in [0.25, 0.3) is 10.2 Å². The minimum atomic E-state index is -1.16. The van der Waals surface area contributed by atoms with E-state index in [1.54, 1.807) is 24.4 Å². The first-order chi connectivity index (χ1) is 24.2. The van der Waals surface area contributed by atoms with Gasteiger partial charge in [-0.25, -0.2) is 4.98 Å². The summed E-state index contributed by atoms with van der Waals surface area (Å²) >= 11 is 0.957. The molecule has 0 spiro atoms. The molecule has 2 aromatic heterocycles. The Morgan fingerprint density at radius 1 is 1.16 bits per heavy atom. The highest BCUT2D eigenvalue weighted by Gasteiger charge is 2.45. The predicted molar refractivity (Wildman–Crippen MR) is 194 cm³/mol. The molecule has 12 heteroatoms. The summed E-state index contributed by atoms with van der Waals surface area (Å²) in [6, 6.07) is 10.4. The zero-order valence-corrected chi connectivity index (χ0v) is 29.3. The molecule has 6 N–H and O–H groups in total. The Balaban J connectivity index is 0.930. The van der Waals surface area contributed by atoms with E-state index in [1.165, 1.54) is 12.5 Å². The third-order valence-electron chi connectivity index (χ3n) is 9.93. The van der Waals surface area contributed by atoms with Crippen LogP contribution in [0.15, 0.2) is 75.6 Å². The van der Waals surface area contributed by atoms with Gasteiger partial charge in [0.2, 0.25) is 5.89 Å². The second-order valence-electron chi connectivity index (χ2n) is 13.4. The second-order valence-corrected chi connectivity index (χ2v) is 14.4. The molecule has 0 aliphatic heterocycles. The average molecular weight is 702 g/mol. The third-order valence-corrected chi connectivity index (χ3v) is 10.9. The van der Waals surface area contributed by atoms with Crippen molar-refractivity contribution >= 4 is 27.5 Å². The van der Waals surface area contributed by atoms with Gasteiger partial charge in [-0.15, -0.1) is 0 Å². The number of rotatable bonds is 15. The fraction of sp³-hybridized carbons (Fsp3) is 0.447. The molecule has 0 unspecified atom stereocenters. The average Bonchev–Trinajstić information content (AvgIpc) is 3.79. The maximum Gasteiger partial charge on any atom is 0.305 e. The molecule has 1 fully saturated rings. The van der Waals surface area contributed by atoms with Gasteiger partial charge in [-0.3, -0.25) is 9.59 Å². The van der Waals surface area contributed by atoms with Crippen LogP contribution in [0.1, 0.15) is 84.2 Å². The molecule has 4 aromatic rings. The number of oxazole rings is 1. The lowest BCUT2D eigenvalue weighted by Gasteiger charge is -2.38. The van der Waals surface area contributed by atoms with Gasteiger partial charge in [0.25, 0.3) is 5.91 Å². The number of aliphatic hydroxyl groups is 2. The molecule has 266 valence electrons. The van der Waals surface area contributed by atoms with Crippen LogP contribution in [-0.4, -0.2) is 69.3 Å². The monoisotopic (exact) mass is 701 g/mol. The first-order valence-corrected chi connectivity index (χ1v) is 18.4. The number of hydrogen-bond donors (Lipinski definition) is 6. The van der Waals surface area contributed by atoms with Gasteiger partial charge in [-0.2, -0.15) is 0 Å². The maximum atomic E-state index is 12.8. The largest absolute Gasteiger partial charge is 0.506 e. The number of likely N-dealkylation sites (N-methyl/N-ethyl adjacent to an activating group) is 1. The zero-order valence-electron chi connectivity index (χ0n) is 28.5. The number of nitrogens with one attached hydrogen (secondary N) is 3. The standard InChI is InChI=1S/C38H47N5O6S/c1-43(20-18-29-23-41-36(49-29)38(48,27-8-4-2-5-9-27)28-10-6-3-7-11-28)21-19-40-35(46)26-14-12-25(13-15-26)22-39-24-32(45)30-16-17-31(44)33-34(30)50-37(47)42-33/h2,4,8,12-17,23,28,32,39,44-45,48H,3,5-7,9-11,18-22,24H2,1H3,(H,40,46)(H,42,47)/t32-,38-/m0/s1. The van der Waals surface area contributed by atoms with Crippen molar-refractivity contribution in [3.8, 4) is 5.75 Å². The molecule has 1 amide bonds. The molecule has 1 saturated carbocycles. The van der Waals surface area contributed by atoms with E-state index in [0.29, 0.717) is 53.3 Å². The second kappa shape index (κ2) is 16.3. The first kappa shape index (κ1) is 35.7. The zero-order chi connectivity index (χ0) is 35.1. The van der Waals surface area contributed by atoms with Crippen LogP contribution in [-0.2, 0) is 18.6 Å². The minimum absolute atomic E-state index is 0.0272. The van der Waals surface area contributed by atoms with E-state index in [-0.39, 0.29) is 29.0 Å². The van der Waals surface area contributed by atoms with Gasteiger partial charge in [0, 0.05) is 56.2 Å². The number of thiazole rings is 1. The van der Waals surface area contributed by atoms with E-state index < -0.39 is 11.7 Å². The van der Waals surface area contributed by atoms with Crippen LogP contribution in [0.5, 0.6) is 5.75 Å². The molecule has 0 radical (unpaired) electrons. The number of aromatic hydroxyl groups is 1. The number of H-pyrrole nitrogens is 1. The van der Waals surface area contributed by atoms with E-state index >= 15 is 0 Å². The summed E-state index contributed by atoms with van der Waals surface area (Å²) in [7, 11) is 2.00. The van der Waals surface area contributed by atoms with E-state index in [1.807, 2.05) is 31.3 Å². The van der Waals surface area contributed by atoms with Crippen molar-refractivity contribution in [1.29, 1.82) is 0 Å². The summed E-state index contributed by atoms with van der Waals surface area (Å²) in [4.78, 5) is 33.6. The number of aromatic nitrogens is 2. The van der Waals surface area contributed by atoms with Crippen molar-refractivity contribution in [3.63, 3.8) is 0 Å². The summed E-state index contributed by atoms with van der Waals surface area (Å²) in [5.41, 5.74) is 2.27. The molecule has 0 bridgehead atoms. The smallest absolute Gasteiger partial charge is 0.305 e. The van der Waals surface area contributed by atoms with Crippen molar-refractivity contribution in [2.24, 2.45) is 5.92 Å². The summed E-state index contributed by atoms with van der Waals surface area (Å²) < 4.78 is 6.77. The number of fused-ring (bicyclic) bond motifs is 1. The van der Waals surface area contributed by atoms with Crippen LogP contribution in [0, 0.1) is 5.92 Å². The Kier molecular flexibility index (Phi) is 11.7. The normalized spacial score (nSPS) is 17.2. The SMILES string of the molecule is CN(CCNC(=O)c1ccc(CNC[C@H](O)c2ccc(O)c3[nH]c(=O)sc23)cc1)CCc1cnc([C@](O)(C2=CC=CCC2)C2CCCCC2)o1. The lowest BCUT2D eigenvalue weighted by atomic mass is 9.71. The third kappa shape index (κ3) is 8.27. The molecule has 2 aliphatic carbocycles. The van der Waals surface area contributed by atoms with Gasteiger partial charge in [0.1, 0.15) is 17.0 Å². The quantitative estimate of drug-likeness (QED) is 0.0995. The fourth-order valence-electron chi connectivity index (χ4n) is 7.03. The minimum Gasteiger partial charge on any atom is -0.506 e. The Morgan fingerprint density at radius 2 is 1.96 bits per heavy atom. The number of benzene rings is 2. The van der Waals surface area contributed by atoms with Crippen molar-refractivity contribution in [3.05, 3.63) is 104 Å². The summed E-state index contributed by atoms with van der Waals surface area (Å²) in [5, 5.41) is 39.0. The number of aliphatic hydroxyl groups excluding tert-OH is 1. The fourth-order valence-corrected chi connectivity index (χ4v) is 7.95. The Bertz CT molecular complexity index is 1870. The topological polar surface area (TPSA) is 164 Å². The molecule has 11 nitrogen and oxygen atoms in total. The van der Waals surface area contributed by atoms with E-state index in [0.717, 1.165) is 73.3 Å². The highest BCUT2D eigenvalue weighted by molar-refractivity contribution is 7.16. The Labute approximate surface area is 295 Å². The Morgan fingerprint density at radius 3 is 2.72 bits per heavy atom. The Hall–Kier alpha value is -4.07.